The molecule has 2 N–H and O–H groups in total. The van der Waals surface area contributed by atoms with E-state index in [-0.39, 0.29) is 24.6 Å². The molecule has 1 unspecified atom stereocenters. The Labute approximate surface area is 194 Å². The summed E-state index contributed by atoms with van der Waals surface area (Å²) >= 11 is 12.0. The minimum Gasteiger partial charge on any atom is -0.459 e. The highest BCUT2D eigenvalue weighted by molar-refractivity contribution is 6.35. The van der Waals surface area contributed by atoms with E-state index < -0.39 is 18.0 Å². The fourth-order valence-corrected chi connectivity index (χ4v) is 3.38. The minimum absolute atomic E-state index is 0.0119. The maximum Gasteiger partial charge on any atom is 0.306 e. The van der Waals surface area contributed by atoms with E-state index in [1.165, 1.54) is 24.5 Å². The maximum atomic E-state index is 12.9. The number of carbonyl (C=O) groups excluding carboxylic acids is 3. The molecule has 0 aliphatic heterocycles. The molecule has 0 aliphatic carbocycles. The summed E-state index contributed by atoms with van der Waals surface area (Å²) in [5, 5.41) is 6.04. The number of hydrogen-bond donors (Lipinski definition) is 2. The molecule has 1 atom stereocenters. The van der Waals surface area contributed by atoms with Crippen LogP contribution in [0.3, 0.4) is 0 Å². The predicted molar refractivity (Wildman–Crippen MR) is 121 cm³/mol. The summed E-state index contributed by atoms with van der Waals surface area (Å²) in [5.41, 5.74) is 0.891. The van der Waals surface area contributed by atoms with E-state index >= 15 is 0 Å². The normalized spacial score (nSPS) is 11.4. The van der Waals surface area contributed by atoms with Crippen LogP contribution < -0.4 is 10.6 Å². The third-order valence-electron chi connectivity index (χ3n) is 4.31. The molecule has 1 aromatic heterocycles. The smallest absolute Gasteiger partial charge is 0.306 e. The Bertz CT molecular complexity index is 1050. The van der Waals surface area contributed by atoms with Gasteiger partial charge in [0.05, 0.1) is 6.26 Å². The first-order chi connectivity index (χ1) is 15.4. The summed E-state index contributed by atoms with van der Waals surface area (Å²) < 4.78 is 10.5. The summed E-state index contributed by atoms with van der Waals surface area (Å²) in [6.45, 7) is 0.248. The predicted octanol–water partition coefficient (Wildman–Crippen LogP) is 5.02. The number of hydrogen-bond acceptors (Lipinski definition) is 5. The van der Waals surface area contributed by atoms with Crippen LogP contribution >= 0.6 is 23.2 Å². The van der Waals surface area contributed by atoms with E-state index in [1.807, 2.05) is 0 Å². The van der Waals surface area contributed by atoms with Crippen molar-refractivity contribution in [1.29, 1.82) is 0 Å². The number of anilines is 1. The minimum atomic E-state index is -1.17. The standard InChI is InChI=1S/C23H20Cl2N2O5/c24-16-12-17(25)14-18(13-16)27-23(30)21(15-6-2-1-3-7-15)32-20(28)9-4-10-26-22(29)19-8-5-11-31-19/h1-3,5-8,11-14,21H,4,9-10H2,(H,26,29)(H,27,30). The first-order valence-corrected chi connectivity index (χ1v) is 10.5. The van der Waals surface area contributed by atoms with E-state index in [0.29, 0.717) is 27.7 Å². The molecule has 7 nitrogen and oxygen atoms in total. The lowest BCUT2D eigenvalue weighted by molar-refractivity contribution is -0.154. The highest BCUT2D eigenvalue weighted by atomic mass is 35.5. The largest absolute Gasteiger partial charge is 0.459 e. The first kappa shape index (κ1) is 23.4. The van der Waals surface area contributed by atoms with Crippen LogP contribution in [0.1, 0.15) is 35.1 Å². The van der Waals surface area contributed by atoms with Crippen molar-refractivity contribution in [3.63, 3.8) is 0 Å². The van der Waals surface area contributed by atoms with E-state index in [1.54, 1.807) is 42.5 Å². The number of benzene rings is 2. The van der Waals surface area contributed by atoms with Crippen LogP contribution in [0.5, 0.6) is 0 Å². The SMILES string of the molecule is O=C(CCCNC(=O)c1ccco1)OC(C(=O)Nc1cc(Cl)cc(Cl)c1)c1ccccc1. The van der Waals surface area contributed by atoms with Gasteiger partial charge in [-0.15, -0.1) is 0 Å². The Balaban J connectivity index is 1.58. The fraction of sp³-hybridized carbons (Fsp3) is 0.174. The second kappa shape index (κ2) is 11.4. The highest BCUT2D eigenvalue weighted by Crippen LogP contribution is 2.25. The van der Waals surface area contributed by atoms with Gasteiger partial charge in [0.15, 0.2) is 5.76 Å². The Morgan fingerprint density at radius 2 is 1.69 bits per heavy atom. The van der Waals surface area contributed by atoms with Crippen LogP contribution in [-0.2, 0) is 14.3 Å². The lowest BCUT2D eigenvalue weighted by Gasteiger charge is -2.18. The van der Waals surface area contributed by atoms with Crippen molar-refractivity contribution < 1.29 is 23.5 Å². The molecule has 0 aliphatic rings. The zero-order valence-electron chi connectivity index (χ0n) is 16.8. The molecule has 166 valence electrons. The van der Waals surface area contributed by atoms with Gasteiger partial charge in [0.2, 0.25) is 6.10 Å². The summed E-state index contributed by atoms with van der Waals surface area (Å²) in [4.78, 5) is 37.1. The molecule has 32 heavy (non-hydrogen) atoms. The van der Waals surface area contributed by atoms with Crippen LogP contribution in [0, 0.1) is 0 Å². The highest BCUT2D eigenvalue weighted by Gasteiger charge is 2.25. The van der Waals surface area contributed by atoms with E-state index in [0.717, 1.165) is 0 Å². The van der Waals surface area contributed by atoms with Crippen molar-refractivity contribution in [2.45, 2.75) is 18.9 Å². The second-order valence-electron chi connectivity index (χ2n) is 6.76. The van der Waals surface area contributed by atoms with Crippen molar-refractivity contribution in [3.05, 3.63) is 88.3 Å². The lowest BCUT2D eigenvalue weighted by atomic mass is 10.1. The zero-order chi connectivity index (χ0) is 22.9. The molecular weight excluding hydrogens is 455 g/mol. The van der Waals surface area contributed by atoms with Crippen molar-refractivity contribution in [3.8, 4) is 0 Å². The van der Waals surface area contributed by atoms with Crippen molar-refractivity contribution >= 4 is 46.7 Å². The van der Waals surface area contributed by atoms with Gasteiger partial charge in [-0.25, -0.2) is 0 Å². The Kier molecular flexibility index (Phi) is 8.30. The van der Waals surface area contributed by atoms with Gasteiger partial charge in [-0.2, -0.15) is 0 Å². The van der Waals surface area contributed by atoms with Gasteiger partial charge >= 0.3 is 5.97 Å². The van der Waals surface area contributed by atoms with Gasteiger partial charge < -0.3 is 19.8 Å². The van der Waals surface area contributed by atoms with Crippen LogP contribution in [0.25, 0.3) is 0 Å². The molecule has 2 aromatic carbocycles. The van der Waals surface area contributed by atoms with Crippen LogP contribution in [0.2, 0.25) is 10.0 Å². The number of rotatable bonds is 9. The molecule has 3 aromatic rings. The maximum absolute atomic E-state index is 12.9. The fourth-order valence-electron chi connectivity index (χ4n) is 2.85. The van der Waals surface area contributed by atoms with Crippen LogP contribution in [0.4, 0.5) is 5.69 Å². The number of ether oxygens (including phenoxy) is 1. The lowest BCUT2D eigenvalue weighted by Crippen LogP contribution is -2.27. The van der Waals surface area contributed by atoms with Crippen molar-refractivity contribution in [2.24, 2.45) is 0 Å². The Morgan fingerprint density at radius 1 is 0.969 bits per heavy atom. The van der Waals surface area contributed by atoms with Gasteiger partial charge in [0, 0.05) is 34.3 Å². The summed E-state index contributed by atoms with van der Waals surface area (Å²) in [6, 6.07) is 16.4. The van der Waals surface area contributed by atoms with E-state index in [9.17, 15) is 14.4 Å². The quantitative estimate of drug-likeness (QED) is 0.335. The second-order valence-corrected chi connectivity index (χ2v) is 7.64. The Hall–Kier alpha value is -3.29. The summed E-state index contributed by atoms with van der Waals surface area (Å²) in [6.07, 6.45) is 0.577. The van der Waals surface area contributed by atoms with Gasteiger partial charge in [-0.1, -0.05) is 53.5 Å². The summed E-state index contributed by atoms with van der Waals surface area (Å²) in [7, 11) is 0. The number of esters is 1. The summed E-state index contributed by atoms with van der Waals surface area (Å²) in [5.74, 6) is -1.31. The molecule has 0 saturated heterocycles. The van der Waals surface area contributed by atoms with E-state index in [4.69, 9.17) is 32.4 Å². The van der Waals surface area contributed by atoms with Gasteiger partial charge in [-0.3, -0.25) is 14.4 Å². The molecule has 0 radical (unpaired) electrons. The topological polar surface area (TPSA) is 97.6 Å². The Morgan fingerprint density at radius 3 is 2.34 bits per heavy atom. The van der Waals surface area contributed by atoms with Crippen molar-refractivity contribution in [1.82, 2.24) is 5.32 Å². The molecule has 1 heterocycles. The molecule has 0 fully saturated rings. The molecule has 0 bridgehead atoms. The molecule has 3 rings (SSSR count). The van der Waals surface area contributed by atoms with Crippen molar-refractivity contribution in [2.75, 3.05) is 11.9 Å². The molecule has 0 saturated carbocycles. The van der Waals surface area contributed by atoms with Crippen LogP contribution in [0.15, 0.2) is 71.3 Å². The average molecular weight is 475 g/mol. The number of halogens is 2. The first-order valence-electron chi connectivity index (χ1n) is 9.75. The van der Waals surface area contributed by atoms with Crippen LogP contribution in [-0.4, -0.2) is 24.3 Å². The monoisotopic (exact) mass is 474 g/mol. The number of furan rings is 1. The van der Waals surface area contributed by atoms with Gasteiger partial charge in [0.25, 0.3) is 11.8 Å². The molecule has 2 amide bonds. The zero-order valence-corrected chi connectivity index (χ0v) is 18.4. The number of nitrogens with one attached hydrogen (secondary N) is 2. The third-order valence-corrected chi connectivity index (χ3v) is 4.74. The van der Waals surface area contributed by atoms with Gasteiger partial charge in [-0.05, 0) is 36.8 Å². The average Bonchev–Trinajstić information content (AvgIpc) is 3.30. The third kappa shape index (κ3) is 6.87. The van der Waals surface area contributed by atoms with E-state index in [2.05, 4.69) is 10.6 Å². The van der Waals surface area contributed by atoms with Gasteiger partial charge in [0.1, 0.15) is 0 Å². The number of carbonyl (C=O) groups is 3. The molecule has 0 spiro atoms. The molecule has 9 heteroatoms. The number of amides is 2. The molecular formula is C23H20Cl2N2O5.